The summed E-state index contributed by atoms with van der Waals surface area (Å²) in [6.45, 7) is 6.80. The van der Waals surface area contributed by atoms with E-state index in [0.717, 1.165) is 82.1 Å². The highest BCUT2D eigenvalue weighted by Gasteiger charge is 2.34. The molecule has 3 fully saturated rings. The van der Waals surface area contributed by atoms with Crippen molar-refractivity contribution in [2.24, 2.45) is 5.92 Å². The average Bonchev–Trinajstić information content (AvgIpc) is 3.60. The predicted molar refractivity (Wildman–Crippen MR) is 133 cm³/mol. The van der Waals surface area contributed by atoms with Gasteiger partial charge in [-0.05, 0) is 42.7 Å². The molecule has 3 aromatic rings. The van der Waals surface area contributed by atoms with E-state index in [1.54, 1.807) is 0 Å². The topological polar surface area (TPSA) is 74.1 Å². The first-order valence-corrected chi connectivity index (χ1v) is 12.4. The summed E-state index contributed by atoms with van der Waals surface area (Å²) in [7, 11) is 0. The minimum atomic E-state index is 0.299. The Kier molecular flexibility index (Phi) is 5.84. The molecule has 0 radical (unpaired) electrons. The van der Waals surface area contributed by atoms with Crippen molar-refractivity contribution < 1.29 is 9.53 Å². The number of benzene rings is 1. The van der Waals surface area contributed by atoms with E-state index in [0.29, 0.717) is 17.9 Å². The minimum Gasteiger partial charge on any atom is -0.384 e. The van der Waals surface area contributed by atoms with Gasteiger partial charge in [0.25, 0.3) is 0 Å². The van der Waals surface area contributed by atoms with Crippen LogP contribution in [0.5, 0.6) is 0 Å². The maximum Gasteiger partial charge on any atom is 0.225 e. The third kappa shape index (κ3) is 4.48. The number of nitrogens with zero attached hydrogens (tertiary/aromatic N) is 4. The molecule has 2 N–H and O–H groups in total. The Morgan fingerprint density at radius 1 is 1.00 bits per heavy atom. The SMILES string of the molecule is O=C(C1CC1)N1CCN(c2ccnn3cc(-c4ccc(NCCNC5COC5)cc4)cc23)CC1. The molecule has 3 aliphatic rings. The van der Waals surface area contributed by atoms with Crippen molar-refractivity contribution >= 4 is 22.8 Å². The molecule has 1 amide bonds. The second-order valence-corrected chi connectivity index (χ2v) is 9.55. The number of hydrogen-bond donors (Lipinski definition) is 2. The largest absolute Gasteiger partial charge is 0.384 e. The van der Waals surface area contributed by atoms with E-state index in [1.807, 2.05) is 15.6 Å². The fourth-order valence-corrected chi connectivity index (χ4v) is 4.80. The molecular weight excluding hydrogens is 428 g/mol. The van der Waals surface area contributed by atoms with Crippen molar-refractivity contribution in [3.05, 3.63) is 48.8 Å². The molecule has 0 spiro atoms. The van der Waals surface area contributed by atoms with Crippen molar-refractivity contribution in [1.29, 1.82) is 0 Å². The number of carbonyl (C=O) groups excluding carboxylic acids is 1. The molecule has 178 valence electrons. The Bertz CT molecular complexity index is 1140. The maximum absolute atomic E-state index is 12.4. The van der Waals surface area contributed by atoms with Crippen LogP contribution in [0.15, 0.2) is 48.8 Å². The second kappa shape index (κ2) is 9.27. The van der Waals surface area contributed by atoms with E-state index >= 15 is 0 Å². The molecule has 1 aliphatic carbocycles. The Hall–Kier alpha value is -3.10. The third-order valence-electron chi connectivity index (χ3n) is 7.09. The molecule has 0 unspecified atom stereocenters. The number of nitrogens with one attached hydrogen (secondary N) is 2. The minimum absolute atomic E-state index is 0.299. The van der Waals surface area contributed by atoms with Gasteiger partial charge in [0.05, 0.1) is 30.5 Å². The van der Waals surface area contributed by atoms with Crippen LogP contribution in [0.1, 0.15) is 12.8 Å². The fourth-order valence-electron chi connectivity index (χ4n) is 4.80. The van der Waals surface area contributed by atoms with Gasteiger partial charge in [0, 0.05) is 68.8 Å². The molecule has 8 nitrogen and oxygen atoms in total. The van der Waals surface area contributed by atoms with Crippen molar-refractivity contribution in [3.8, 4) is 11.1 Å². The lowest BCUT2D eigenvalue weighted by Crippen LogP contribution is -2.49. The summed E-state index contributed by atoms with van der Waals surface area (Å²) in [6, 6.07) is 13.4. The summed E-state index contributed by atoms with van der Waals surface area (Å²) in [5, 5.41) is 11.5. The lowest BCUT2D eigenvalue weighted by Gasteiger charge is -2.36. The van der Waals surface area contributed by atoms with Crippen LogP contribution >= 0.6 is 0 Å². The fraction of sp³-hybridized carbons (Fsp3) is 0.462. The quantitative estimate of drug-likeness (QED) is 0.503. The number of amides is 1. The zero-order valence-electron chi connectivity index (χ0n) is 19.4. The van der Waals surface area contributed by atoms with Crippen LogP contribution in [-0.2, 0) is 9.53 Å². The summed E-state index contributed by atoms with van der Waals surface area (Å²) >= 11 is 0. The van der Waals surface area contributed by atoms with Gasteiger partial charge in [0.15, 0.2) is 0 Å². The van der Waals surface area contributed by atoms with Crippen molar-refractivity contribution in [1.82, 2.24) is 19.8 Å². The van der Waals surface area contributed by atoms with E-state index in [1.165, 1.54) is 11.3 Å². The van der Waals surface area contributed by atoms with Crippen molar-refractivity contribution in [3.63, 3.8) is 0 Å². The molecular formula is C26H32N6O2. The second-order valence-electron chi connectivity index (χ2n) is 9.55. The smallest absolute Gasteiger partial charge is 0.225 e. The molecule has 1 aromatic carbocycles. The molecule has 2 aliphatic heterocycles. The summed E-state index contributed by atoms with van der Waals surface area (Å²) in [4.78, 5) is 16.8. The van der Waals surface area contributed by atoms with Gasteiger partial charge >= 0.3 is 0 Å². The Labute approximate surface area is 199 Å². The summed E-state index contributed by atoms with van der Waals surface area (Å²) < 4.78 is 7.15. The van der Waals surface area contributed by atoms with Crippen molar-refractivity contribution in [2.75, 3.05) is 62.7 Å². The van der Waals surface area contributed by atoms with E-state index in [2.05, 4.69) is 63.2 Å². The first kappa shape index (κ1) is 21.4. The van der Waals surface area contributed by atoms with Gasteiger partial charge in [0.2, 0.25) is 5.91 Å². The molecule has 0 atom stereocenters. The number of ether oxygens (including phenoxy) is 1. The molecule has 2 aromatic heterocycles. The van der Waals surface area contributed by atoms with Crippen LogP contribution in [-0.4, -0.2) is 78.9 Å². The van der Waals surface area contributed by atoms with Crippen LogP contribution in [0.2, 0.25) is 0 Å². The van der Waals surface area contributed by atoms with Crippen molar-refractivity contribution in [2.45, 2.75) is 18.9 Å². The maximum atomic E-state index is 12.4. The summed E-state index contributed by atoms with van der Waals surface area (Å²) in [5.41, 5.74) is 5.74. The van der Waals surface area contributed by atoms with E-state index in [-0.39, 0.29) is 0 Å². The molecule has 1 saturated carbocycles. The molecule has 0 bridgehead atoms. The van der Waals surface area contributed by atoms with Crippen LogP contribution in [0.25, 0.3) is 16.6 Å². The Balaban J connectivity index is 1.11. The van der Waals surface area contributed by atoms with Crippen LogP contribution < -0.4 is 15.5 Å². The first-order chi connectivity index (χ1) is 16.7. The lowest BCUT2D eigenvalue weighted by atomic mass is 10.1. The standard InChI is InChI=1S/C26H32N6O2/c33-26(20-1-2-20)31-13-11-30(12-14-31)24-7-8-29-32-16-21(15-25(24)32)19-3-5-22(6-4-19)27-9-10-28-23-17-34-18-23/h3-8,15-16,20,23,27-28H,1-2,9-14,17-18H2. The van der Waals surface area contributed by atoms with Crippen LogP contribution in [0.3, 0.4) is 0 Å². The molecule has 8 heteroatoms. The van der Waals surface area contributed by atoms with Gasteiger partial charge in [-0.25, -0.2) is 4.52 Å². The van der Waals surface area contributed by atoms with Gasteiger partial charge in [-0.1, -0.05) is 12.1 Å². The zero-order chi connectivity index (χ0) is 22.9. The van der Waals surface area contributed by atoms with E-state index in [9.17, 15) is 4.79 Å². The molecule has 6 rings (SSSR count). The molecule has 4 heterocycles. The highest BCUT2D eigenvalue weighted by atomic mass is 16.5. The Morgan fingerprint density at radius 3 is 2.50 bits per heavy atom. The molecule has 34 heavy (non-hydrogen) atoms. The van der Waals surface area contributed by atoms with Gasteiger partial charge in [-0.15, -0.1) is 0 Å². The van der Waals surface area contributed by atoms with Crippen LogP contribution in [0.4, 0.5) is 11.4 Å². The zero-order valence-corrected chi connectivity index (χ0v) is 19.4. The number of rotatable bonds is 8. The number of hydrogen-bond acceptors (Lipinski definition) is 6. The first-order valence-electron chi connectivity index (χ1n) is 12.4. The number of carbonyl (C=O) groups is 1. The highest BCUT2D eigenvalue weighted by molar-refractivity contribution is 5.82. The number of anilines is 2. The Morgan fingerprint density at radius 2 is 1.79 bits per heavy atom. The van der Waals surface area contributed by atoms with Gasteiger partial charge < -0.3 is 25.2 Å². The third-order valence-corrected chi connectivity index (χ3v) is 7.09. The summed E-state index contributed by atoms with van der Waals surface area (Å²) in [5.74, 6) is 0.653. The number of piperazine rings is 1. The van der Waals surface area contributed by atoms with Crippen LogP contribution in [0, 0.1) is 5.92 Å². The average molecular weight is 461 g/mol. The monoisotopic (exact) mass is 460 g/mol. The van der Waals surface area contributed by atoms with E-state index < -0.39 is 0 Å². The predicted octanol–water partition coefficient (Wildman–Crippen LogP) is 2.46. The highest BCUT2D eigenvalue weighted by Crippen LogP contribution is 2.32. The lowest BCUT2D eigenvalue weighted by molar-refractivity contribution is -0.132. The van der Waals surface area contributed by atoms with E-state index in [4.69, 9.17) is 4.74 Å². The van der Waals surface area contributed by atoms with Gasteiger partial charge in [-0.3, -0.25) is 4.79 Å². The molecule has 2 saturated heterocycles. The van der Waals surface area contributed by atoms with Gasteiger partial charge in [0.1, 0.15) is 0 Å². The number of aromatic nitrogens is 2. The van der Waals surface area contributed by atoms with Gasteiger partial charge in [-0.2, -0.15) is 5.10 Å². The number of fused-ring (bicyclic) bond motifs is 1. The summed E-state index contributed by atoms with van der Waals surface area (Å²) in [6.07, 6.45) is 6.10. The normalized spacial score (nSPS) is 18.8.